The Balaban J connectivity index is 1.21. The van der Waals surface area contributed by atoms with Crippen LogP contribution >= 0.6 is 0 Å². The van der Waals surface area contributed by atoms with Gasteiger partial charge in [-0.05, 0) is 60.7 Å². The maximum atomic E-state index is 10.6. The molecule has 0 bridgehead atoms. The molecule has 8 rings (SSSR count). The zero-order valence-electron chi connectivity index (χ0n) is 27.3. The zero-order valence-corrected chi connectivity index (χ0v) is 27.3. The van der Waals surface area contributed by atoms with Crippen LogP contribution in [-0.2, 0) is 6.42 Å². The summed E-state index contributed by atoms with van der Waals surface area (Å²) < 4.78 is 4.61. The van der Waals surface area contributed by atoms with Gasteiger partial charge in [0.15, 0.2) is 0 Å². The molecule has 4 nitrogen and oxygen atoms in total. The highest BCUT2D eigenvalue weighted by molar-refractivity contribution is 5.96. The van der Waals surface area contributed by atoms with E-state index in [4.69, 9.17) is 0 Å². The fourth-order valence-corrected chi connectivity index (χ4v) is 7.80. The molecule has 0 radical (unpaired) electrons. The Bertz CT molecular complexity index is 2510. The molecule has 0 saturated heterocycles. The average Bonchev–Trinajstić information content (AvgIpc) is 3.64. The summed E-state index contributed by atoms with van der Waals surface area (Å²) in [6.07, 6.45) is 18.5. The second-order valence-electron chi connectivity index (χ2n) is 12.7. The lowest BCUT2D eigenvalue weighted by Crippen LogP contribution is -2.20. The number of hydrogen-bond donors (Lipinski definition) is 0. The van der Waals surface area contributed by atoms with Crippen molar-refractivity contribution in [3.05, 3.63) is 168 Å². The van der Waals surface area contributed by atoms with Gasteiger partial charge in [-0.3, -0.25) is 0 Å². The van der Waals surface area contributed by atoms with Crippen molar-refractivity contribution in [1.29, 1.82) is 10.5 Å². The smallest absolute Gasteiger partial charge is 0.101 e. The molecule has 6 aromatic rings. The van der Waals surface area contributed by atoms with Crippen molar-refractivity contribution in [2.24, 2.45) is 5.92 Å². The summed E-state index contributed by atoms with van der Waals surface area (Å²) in [7, 11) is 0. The van der Waals surface area contributed by atoms with E-state index in [-0.39, 0.29) is 6.04 Å². The van der Waals surface area contributed by atoms with E-state index in [0.29, 0.717) is 5.56 Å². The molecule has 2 heterocycles. The van der Waals surface area contributed by atoms with E-state index in [0.717, 1.165) is 57.2 Å². The Labute approximate surface area is 286 Å². The van der Waals surface area contributed by atoms with Crippen LogP contribution < -0.4 is 0 Å². The summed E-state index contributed by atoms with van der Waals surface area (Å²) in [6, 6.07) is 36.4. The van der Waals surface area contributed by atoms with Gasteiger partial charge < -0.3 is 9.13 Å². The summed E-state index contributed by atoms with van der Waals surface area (Å²) in [6.45, 7) is 6.05. The standard InChI is InChI=1S/C45H34N4/c1-3-4-16-36-30(2)48(43-22-9-6-18-38(36)43)42-21-8-5-17-37(42)33-14-11-13-31(26-33)32-24-25-41(35(27-32)29-47)49-44-23-10-7-19-39(44)40-20-12-15-34(28-46)45(40)49/h3-9,11-22,24-27,35,41H,1,10,23H2,2H3/b16-4-. The topological polar surface area (TPSA) is 57.4 Å². The predicted molar refractivity (Wildman–Crippen MR) is 202 cm³/mol. The molecule has 2 aromatic heterocycles. The quantitative estimate of drug-likeness (QED) is 0.172. The number of benzene rings is 4. The van der Waals surface area contributed by atoms with Gasteiger partial charge in [-0.25, -0.2) is 0 Å². The maximum absolute atomic E-state index is 10.6. The molecule has 49 heavy (non-hydrogen) atoms. The highest BCUT2D eigenvalue weighted by Gasteiger charge is 2.30. The van der Waals surface area contributed by atoms with Gasteiger partial charge >= 0.3 is 0 Å². The van der Waals surface area contributed by atoms with Crippen LogP contribution in [0.15, 0.2) is 134 Å². The average molecular weight is 631 g/mol. The van der Waals surface area contributed by atoms with E-state index >= 15 is 0 Å². The summed E-state index contributed by atoms with van der Waals surface area (Å²) in [5, 5.41) is 22.9. The van der Waals surface area contributed by atoms with Gasteiger partial charge in [0, 0.05) is 38.9 Å². The van der Waals surface area contributed by atoms with Crippen molar-refractivity contribution in [3.63, 3.8) is 0 Å². The number of fused-ring (bicyclic) bond motifs is 4. The van der Waals surface area contributed by atoms with E-state index in [2.05, 4.69) is 150 Å². The van der Waals surface area contributed by atoms with E-state index in [1.165, 1.54) is 27.9 Å². The number of allylic oxidation sites excluding steroid dienone is 7. The van der Waals surface area contributed by atoms with Crippen molar-refractivity contribution in [2.75, 3.05) is 0 Å². The second-order valence-corrected chi connectivity index (χ2v) is 12.7. The molecule has 0 saturated carbocycles. The Kier molecular flexibility index (Phi) is 7.56. The number of nitrogens with zero attached hydrogens (tertiary/aromatic N) is 4. The normalized spacial score (nSPS) is 16.8. The maximum Gasteiger partial charge on any atom is 0.101 e. The van der Waals surface area contributed by atoms with Gasteiger partial charge in [0.25, 0.3) is 0 Å². The monoisotopic (exact) mass is 630 g/mol. The molecule has 2 aliphatic carbocycles. The summed E-state index contributed by atoms with van der Waals surface area (Å²) >= 11 is 0. The highest BCUT2D eigenvalue weighted by atomic mass is 15.0. The minimum absolute atomic E-state index is 0.209. The fourth-order valence-electron chi connectivity index (χ4n) is 7.80. The fraction of sp³-hybridized carbons (Fsp3) is 0.111. The lowest BCUT2D eigenvalue weighted by atomic mass is 9.88. The number of para-hydroxylation sites is 3. The minimum atomic E-state index is -0.399. The minimum Gasteiger partial charge on any atom is -0.334 e. The van der Waals surface area contributed by atoms with Gasteiger partial charge in [0.2, 0.25) is 0 Å². The van der Waals surface area contributed by atoms with Crippen molar-refractivity contribution in [2.45, 2.75) is 25.8 Å². The van der Waals surface area contributed by atoms with Crippen LogP contribution in [0.1, 0.15) is 46.1 Å². The molecule has 4 aromatic carbocycles. The SMILES string of the molecule is C=C/C=C\c1c(C)n(-c2ccccc2-c2cccc(C3=CC(C#N)C(n4c5c(c6cccc(C#N)c64)C=CCC5)C=C3)c2)c2ccccc12. The number of rotatable bonds is 6. The van der Waals surface area contributed by atoms with Crippen molar-refractivity contribution in [3.8, 4) is 29.0 Å². The van der Waals surface area contributed by atoms with Crippen LogP contribution in [-0.4, -0.2) is 9.13 Å². The molecule has 2 atom stereocenters. The molecule has 0 spiro atoms. The van der Waals surface area contributed by atoms with E-state index < -0.39 is 5.92 Å². The first-order valence-electron chi connectivity index (χ1n) is 16.7. The first kappa shape index (κ1) is 30.0. The molecule has 0 aliphatic heterocycles. The third-order valence-electron chi connectivity index (χ3n) is 9.98. The van der Waals surface area contributed by atoms with Crippen LogP contribution in [0, 0.1) is 35.5 Å². The molecule has 0 amide bonds. The van der Waals surface area contributed by atoms with Crippen LogP contribution in [0.2, 0.25) is 0 Å². The molecule has 2 unspecified atom stereocenters. The first-order chi connectivity index (χ1) is 24.1. The van der Waals surface area contributed by atoms with Crippen LogP contribution in [0.25, 0.3) is 56.3 Å². The third-order valence-corrected chi connectivity index (χ3v) is 9.98. The van der Waals surface area contributed by atoms with Crippen molar-refractivity contribution >= 4 is 39.5 Å². The first-order valence-corrected chi connectivity index (χ1v) is 16.7. The molecule has 0 N–H and O–H groups in total. The van der Waals surface area contributed by atoms with Gasteiger partial charge in [-0.2, -0.15) is 10.5 Å². The lowest BCUT2D eigenvalue weighted by Gasteiger charge is -2.27. The molecule has 2 aliphatic rings. The number of hydrogen-bond acceptors (Lipinski definition) is 2. The Morgan fingerprint density at radius 2 is 1.67 bits per heavy atom. The highest BCUT2D eigenvalue weighted by Crippen LogP contribution is 2.41. The van der Waals surface area contributed by atoms with E-state index in [1.54, 1.807) is 0 Å². The number of nitriles is 2. The van der Waals surface area contributed by atoms with Crippen molar-refractivity contribution < 1.29 is 0 Å². The predicted octanol–water partition coefficient (Wildman–Crippen LogP) is 10.9. The van der Waals surface area contributed by atoms with E-state index in [9.17, 15) is 10.5 Å². The zero-order chi connectivity index (χ0) is 33.5. The lowest BCUT2D eigenvalue weighted by molar-refractivity contribution is 0.528. The van der Waals surface area contributed by atoms with Gasteiger partial charge in [0.1, 0.15) is 6.07 Å². The van der Waals surface area contributed by atoms with Gasteiger partial charge in [-0.15, -0.1) is 0 Å². The molecular weight excluding hydrogens is 597 g/mol. The van der Waals surface area contributed by atoms with Crippen LogP contribution in [0.5, 0.6) is 0 Å². The molecule has 234 valence electrons. The van der Waals surface area contributed by atoms with Crippen LogP contribution in [0.4, 0.5) is 0 Å². The molecular formula is C45H34N4. The largest absolute Gasteiger partial charge is 0.334 e. The Hall–Kier alpha value is -6.36. The van der Waals surface area contributed by atoms with E-state index in [1.807, 2.05) is 24.3 Å². The summed E-state index contributed by atoms with van der Waals surface area (Å²) in [5.74, 6) is -0.399. The summed E-state index contributed by atoms with van der Waals surface area (Å²) in [4.78, 5) is 0. The van der Waals surface area contributed by atoms with Gasteiger partial charge in [-0.1, -0.05) is 122 Å². The van der Waals surface area contributed by atoms with Crippen molar-refractivity contribution in [1.82, 2.24) is 9.13 Å². The number of aromatic nitrogens is 2. The van der Waals surface area contributed by atoms with Gasteiger partial charge in [0.05, 0.1) is 40.3 Å². The molecule has 0 fully saturated rings. The summed E-state index contributed by atoms with van der Waals surface area (Å²) in [5.41, 5.74) is 12.9. The molecule has 4 heteroatoms. The third kappa shape index (κ3) is 4.89. The second kappa shape index (κ2) is 12.3. The van der Waals surface area contributed by atoms with Crippen LogP contribution in [0.3, 0.4) is 0 Å². The Morgan fingerprint density at radius 1 is 0.878 bits per heavy atom. The Morgan fingerprint density at radius 3 is 2.53 bits per heavy atom.